The molecule has 1 aliphatic rings. The Bertz CT molecular complexity index is 983. The lowest BCUT2D eigenvalue weighted by Crippen LogP contribution is -2.35. The number of amides is 2. The van der Waals surface area contributed by atoms with Crippen LogP contribution in [-0.4, -0.2) is 39.8 Å². The Hall–Kier alpha value is -2.52. The van der Waals surface area contributed by atoms with Crippen molar-refractivity contribution in [1.29, 1.82) is 0 Å². The number of anilines is 1. The lowest BCUT2D eigenvalue weighted by molar-refractivity contribution is -0.132. The summed E-state index contributed by atoms with van der Waals surface area (Å²) in [6.45, 7) is 1.76. The SMILES string of the molecule is Nc1ncnc2sc3c(c12)CCN(C(=O)CCCNC(=O)c1ccsc1)C3. The van der Waals surface area contributed by atoms with E-state index in [0.29, 0.717) is 43.9 Å². The van der Waals surface area contributed by atoms with Gasteiger partial charge in [0.1, 0.15) is 17.0 Å². The first-order chi connectivity index (χ1) is 13.1. The number of thiophene rings is 2. The summed E-state index contributed by atoms with van der Waals surface area (Å²) >= 11 is 3.08. The van der Waals surface area contributed by atoms with Gasteiger partial charge in [0.05, 0.1) is 11.9 Å². The van der Waals surface area contributed by atoms with E-state index in [0.717, 1.165) is 21.5 Å². The molecule has 7 nitrogen and oxygen atoms in total. The van der Waals surface area contributed by atoms with Crippen LogP contribution >= 0.6 is 22.7 Å². The highest BCUT2D eigenvalue weighted by molar-refractivity contribution is 7.19. The van der Waals surface area contributed by atoms with Crippen LogP contribution in [-0.2, 0) is 17.8 Å². The molecule has 0 aromatic carbocycles. The monoisotopic (exact) mass is 401 g/mol. The number of carbonyl (C=O) groups is 2. The van der Waals surface area contributed by atoms with Gasteiger partial charge in [-0.25, -0.2) is 9.97 Å². The first-order valence-corrected chi connectivity index (χ1v) is 10.5. The van der Waals surface area contributed by atoms with Crippen LogP contribution in [0.4, 0.5) is 5.82 Å². The minimum absolute atomic E-state index is 0.0877. The molecule has 0 fully saturated rings. The van der Waals surface area contributed by atoms with Crippen LogP contribution in [0.3, 0.4) is 0 Å². The summed E-state index contributed by atoms with van der Waals surface area (Å²) in [6.07, 6.45) is 3.30. The van der Waals surface area contributed by atoms with Gasteiger partial charge in [-0.2, -0.15) is 11.3 Å². The van der Waals surface area contributed by atoms with Crippen LogP contribution in [0.25, 0.3) is 10.2 Å². The highest BCUT2D eigenvalue weighted by atomic mass is 32.1. The van der Waals surface area contributed by atoms with E-state index < -0.39 is 0 Å². The second-order valence-electron chi connectivity index (χ2n) is 6.38. The second-order valence-corrected chi connectivity index (χ2v) is 8.24. The molecule has 0 unspecified atom stereocenters. The molecule has 0 aliphatic carbocycles. The quantitative estimate of drug-likeness (QED) is 0.640. The molecule has 0 saturated heterocycles. The van der Waals surface area contributed by atoms with Crippen LogP contribution in [0.15, 0.2) is 23.2 Å². The van der Waals surface area contributed by atoms with Gasteiger partial charge < -0.3 is 16.0 Å². The third kappa shape index (κ3) is 3.65. The molecular weight excluding hydrogens is 382 g/mol. The number of hydrogen-bond donors (Lipinski definition) is 2. The number of hydrogen-bond acceptors (Lipinski definition) is 7. The molecule has 27 heavy (non-hydrogen) atoms. The Morgan fingerprint density at radius 2 is 2.22 bits per heavy atom. The summed E-state index contributed by atoms with van der Waals surface area (Å²) in [5.41, 5.74) is 7.85. The molecule has 140 valence electrons. The van der Waals surface area contributed by atoms with Crippen molar-refractivity contribution in [3.63, 3.8) is 0 Å². The first-order valence-electron chi connectivity index (χ1n) is 8.72. The van der Waals surface area contributed by atoms with Crippen LogP contribution in [0.1, 0.15) is 33.6 Å². The molecule has 4 rings (SSSR count). The van der Waals surface area contributed by atoms with Crippen molar-refractivity contribution in [1.82, 2.24) is 20.2 Å². The normalized spacial score (nSPS) is 13.6. The zero-order valence-corrected chi connectivity index (χ0v) is 16.2. The topological polar surface area (TPSA) is 101 Å². The lowest BCUT2D eigenvalue weighted by atomic mass is 10.0. The summed E-state index contributed by atoms with van der Waals surface area (Å²) in [5.74, 6) is 0.538. The van der Waals surface area contributed by atoms with Gasteiger partial charge in [0.15, 0.2) is 0 Å². The molecule has 9 heteroatoms. The maximum Gasteiger partial charge on any atom is 0.252 e. The third-order valence-corrected chi connectivity index (χ3v) is 6.46. The Labute approximate surface area is 164 Å². The molecule has 4 heterocycles. The minimum atomic E-state index is -0.0877. The smallest absolute Gasteiger partial charge is 0.252 e. The molecule has 0 radical (unpaired) electrons. The number of nitrogens with two attached hydrogens (primary N) is 1. The van der Waals surface area contributed by atoms with Gasteiger partial charge in [0.2, 0.25) is 5.91 Å². The van der Waals surface area contributed by atoms with Crippen molar-refractivity contribution < 1.29 is 9.59 Å². The van der Waals surface area contributed by atoms with Gasteiger partial charge in [-0.3, -0.25) is 9.59 Å². The minimum Gasteiger partial charge on any atom is -0.383 e. The van der Waals surface area contributed by atoms with Crippen LogP contribution in [0, 0.1) is 0 Å². The van der Waals surface area contributed by atoms with Crippen LogP contribution < -0.4 is 11.1 Å². The van der Waals surface area contributed by atoms with Gasteiger partial charge in [-0.1, -0.05) is 0 Å². The Morgan fingerprint density at radius 1 is 1.33 bits per heavy atom. The maximum absolute atomic E-state index is 12.5. The summed E-state index contributed by atoms with van der Waals surface area (Å²) in [7, 11) is 0. The van der Waals surface area contributed by atoms with Crippen molar-refractivity contribution in [2.24, 2.45) is 0 Å². The number of rotatable bonds is 5. The second kappa shape index (κ2) is 7.61. The van der Waals surface area contributed by atoms with E-state index in [-0.39, 0.29) is 11.8 Å². The number of nitrogens with one attached hydrogen (secondary N) is 1. The molecule has 3 aromatic rings. The average molecular weight is 402 g/mol. The van der Waals surface area contributed by atoms with E-state index in [1.165, 1.54) is 23.2 Å². The molecule has 0 saturated carbocycles. The first kappa shape index (κ1) is 17.9. The van der Waals surface area contributed by atoms with E-state index in [4.69, 9.17) is 5.73 Å². The van der Waals surface area contributed by atoms with Crippen molar-refractivity contribution in [3.05, 3.63) is 39.2 Å². The summed E-state index contributed by atoms with van der Waals surface area (Å²) in [4.78, 5) is 36.7. The third-order valence-electron chi connectivity index (χ3n) is 4.66. The molecule has 3 aromatic heterocycles. The summed E-state index contributed by atoms with van der Waals surface area (Å²) < 4.78 is 0. The average Bonchev–Trinajstić information content (AvgIpc) is 3.32. The molecule has 0 spiro atoms. The number of fused-ring (bicyclic) bond motifs is 3. The fourth-order valence-electron chi connectivity index (χ4n) is 3.26. The predicted octanol–water partition coefficient (Wildman–Crippen LogP) is 2.43. The predicted molar refractivity (Wildman–Crippen MR) is 107 cm³/mol. The molecule has 0 bridgehead atoms. The highest BCUT2D eigenvalue weighted by Gasteiger charge is 2.25. The van der Waals surface area contributed by atoms with Crippen LogP contribution in [0.5, 0.6) is 0 Å². The lowest BCUT2D eigenvalue weighted by Gasteiger charge is -2.27. The van der Waals surface area contributed by atoms with Crippen molar-refractivity contribution in [3.8, 4) is 0 Å². The fourth-order valence-corrected chi connectivity index (χ4v) is 5.11. The van der Waals surface area contributed by atoms with E-state index in [2.05, 4.69) is 15.3 Å². The molecule has 2 amide bonds. The molecule has 1 aliphatic heterocycles. The van der Waals surface area contributed by atoms with Gasteiger partial charge in [0.25, 0.3) is 5.91 Å². The van der Waals surface area contributed by atoms with E-state index in [1.54, 1.807) is 17.4 Å². The fraction of sp³-hybridized carbons (Fsp3) is 0.333. The molecule has 3 N–H and O–H groups in total. The summed E-state index contributed by atoms with van der Waals surface area (Å²) in [6, 6.07) is 1.79. The van der Waals surface area contributed by atoms with Gasteiger partial charge in [0, 0.05) is 35.3 Å². The Morgan fingerprint density at radius 3 is 3.04 bits per heavy atom. The zero-order chi connectivity index (χ0) is 18.8. The number of carbonyl (C=O) groups excluding carboxylic acids is 2. The van der Waals surface area contributed by atoms with Crippen molar-refractivity contribution >= 4 is 50.5 Å². The highest BCUT2D eigenvalue weighted by Crippen LogP contribution is 2.36. The largest absolute Gasteiger partial charge is 0.383 e. The Balaban J connectivity index is 1.31. The summed E-state index contributed by atoms with van der Waals surface area (Å²) in [5, 5.41) is 7.48. The Kier molecular flexibility index (Phi) is 5.04. The molecule has 0 atom stereocenters. The maximum atomic E-state index is 12.5. The number of aromatic nitrogens is 2. The van der Waals surface area contributed by atoms with E-state index in [9.17, 15) is 9.59 Å². The van der Waals surface area contributed by atoms with Gasteiger partial charge in [-0.15, -0.1) is 11.3 Å². The standard InChI is InChI=1S/C18H19N5O2S2/c19-16-15-12-3-6-23(8-13(12)27-18(15)22-10-21-16)14(24)2-1-5-20-17(25)11-4-7-26-9-11/h4,7,9-10H,1-3,5-6,8H2,(H,20,25)(H2,19,21,22). The van der Waals surface area contributed by atoms with Gasteiger partial charge in [-0.05, 0) is 29.9 Å². The van der Waals surface area contributed by atoms with E-state index in [1.807, 2.05) is 15.7 Å². The van der Waals surface area contributed by atoms with Crippen molar-refractivity contribution in [2.75, 3.05) is 18.8 Å². The number of nitrogen functional groups attached to an aromatic ring is 1. The van der Waals surface area contributed by atoms with Crippen molar-refractivity contribution in [2.45, 2.75) is 25.8 Å². The van der Waals surface area contributed by atoms with Crippen LogP contribution in [0.2, 0.25) is 0 Å². The van der Waals surface area contributed by atoms with E-state index >= 15 is 0 Å². The van der Waals surface area contributed by atoms with Gasteiger partial charge >= 0.3 is 0 Å². The molecular formula is C18H19N5O2S2. The number of nitrogens with zero attached hydrogens (tertiary/aromatic N) is 3. The zero-order valence-electron chi connectivity index (χ0n) is 14.6.